The van der Waals surface area contributed by atoms with Crippen LogP contribution >= 0.6 is 34.7 Å². The molecule has 1 amide bonds. The van der Waals surface area contributed by atoms with Gasteiger partial charge in [0.1, 0.15) is 5.82 Å². The lowest BCUT2D eigenvalue weighted by molar-refractivity contribution is -0.115. The van der Waals surface area contributed by atoms with E-state index in [-0.39, 0.29) is 21.8 Å². The predicted molar refractivity (Wildman–Crippen MR) is 99.3 cm³/mol. The van der Waals surface area contributed by atoms with Gasteiger partial charge in [0.05, 0.1) is 28.1 Å². The summed E-state index contributed by atoms with van der Waals surface area (Å²) in [5, 5.41) is 13.3. The quantitative estimate of drug-likeness (QED) is 0.606. The summed E-state index contributed by atoms with van der Waals surface area (Å²) in [4.78, 5) is 16.6. The first-order valence-electron chi connectivity index (χ1n) is 7.56. The first kappa shape index (κ1) is 18.8. The van der Waals surface area contributed by atoms with Crippen molar-refractivity contribution < 1.29 is 13.6 Å². The topological polar surface area (TPSA) is 80.9 Å². The normalized spacial score (nSPS) is 12.2. The average Bonchev–Trinajstić information content (AvgIpc) is 3.19. The summed E-state index contributed by atoms with van der Waals surface area (Å²) in [5.74, 6) is -0.554. The Morgan fingerprint density at radius 2 is 2.27 bits per heavy atom. The summed E-state index contributed by atoms with van der Waals surface area (Å²) in [5.41, 5.74) is 0.925. The highest BCUT2D eigenvalue weighted by molar-refractivity contribution is 8.00. The van der Waals surface area contributed by atoms with Crippen LogP contribution in [0.25, 0.3) is 0 Å². The number of hydrogen-bond acceptors (Lipinski definition) is 7. The van der Waals surface area contributed by atoms with Gasteiger partial charge in [-0.05, 0) is 32.0 Å². The number of aromatic nitrogens is 3. The van der Waals surface area contributed by atoms with Crippen LogP contribution in [-0.2, 0) is 11.2 Å². The Morgan fingerprint density at radius 3 is 2.96 bits per heavy atom. The van der Waals surface area contributed by atoms with Gasteiger partial charge in [-0.3, -0.25) is 4.79 Å². The van der Waals surface area contributed by atoms with Crippen molar-refractivity contribution in [3.8, 4) is 0 Å². The zero-order valence-corrected chi connectivity index (χ0v) is 16.2. The SMILES string of the molecule is Cc1nc(Cc2nnc(S[C@H](C)C(=O)Nc3ccc(Cl)cc3F)o2)cs1. The van der Waals surface area contributed by atoms with E-state index in [0.717, 1.165) is 28.5 Å². The summed E-state index contributed by atoms with van der Waals surface area (Å²) in [6, 6.07) is 4.05. The van der Waals surface area contributed by atoms with Crippen LogP contribution in [0.3, 0.4) is 0 Å². The smallest absolute Gasteiger partial charge is 0.277 e. The van der Waals surface area contributed by atoms with Crippen LogP contribution in [0.2, 0.25) is 5.02 Å². The molecule has 3 rings (SSSR count). The lowest BCUT2D eigenvalue weighted by Gasteiger charge is -2.10. The molecule has 0 spiro atoms. The summed E-state index contributed by atoms with van der Waals surface area (Å²) < 4.78 is 19.3. The van der Waals surface area contributed by atoms with E-state index >= 15 is 0 Å². The van der Waals surface area contributed by atoms with E-state index in [1.165, 1.54) is 12.1 Å². The highest BCUT2D eigenvalue weighted by Crippen LogP contribution is 2.25. The Balaban J connectivity index is 1.58. The fourth-order valence-electron chi connectivity index (χ4n) is 2.03. The number of rotatable bonds is 6. The molecule has 10 heteroatoms. The van der Waals surface area contributed by atoms with Gasteiger partial charge in [0, 0.05) is 10.4 Å². The van der Waals surface area contributed by atoms with Crippen molar-refractivity contribution in [2.45, 2.75) is 30.7 Å². The molecule has 136 valence electrons. The molecule has 0 unspecified atom stereocenters. The molecule has 0 aliphatic heterocycles. The number of nitrogens with one attached hydrogen (secondary N) is 1. The van der Waals surface area contributed by atoms with E-state index in [2.05, 4.69) is 20.5 Å². The molecule has 0 bridgehead atoms. The Kier molecular flexibility index (Phi) is 5.90. The minimum Gasteiger partial charge on any atom is -0.416 e. The molecule has 0 aliphatic rings. The van der Waals surface area contributed by atoms with Gasteiger partial charge < -0.3 is 9.73 Å². The third-order valence-corrected chi connectivity index (χ3v) is 5.27. The fourth-order valence-corrected chi connectivity index (χ4v) is 3.50. The number of nitrogens with zero attached hydrogens (tertiary/aromatic N) is 3. The molecule has 26 heavy (non-hydrogen) atoms. The predicted octanol–water partition coefficient (Wildman–Crippen LogP) is 4.34. The Hall–Kier alpha value is -1.97. The van der Waals surface area contributed by atoms with Crippen molar-refractivity contribution >= 4 is 46.3 Å². The van der Waals surface area contributed by atoms with Crippen LogP contribution in [0.4, 0.5) is 10.1 Å². The molecule has 2 aromatic heterocycles. The van der Waals surface area contributed by atoms with Crippen molar-refractivity contribution in [1.29, 1.82) is 0 Å². The van der Waals surface area contributed by atoms with Gasteiger partial charge in [-0.25, -0.2) is 9.37 Å². The van der Waals surface area contributed by atoms with Crippen LogP contribution in [0, 0.1) is 12.7 Å². The van der Waals surface area contributed by atoms with Crippen molar-refractivity contribution in [2.24, 2.45) is 0 Å². The Morgan fingerprint density at radius 1 is 1.46 bits per heavy atom. The van der Waals surface area contributed by atoms with E-state index in [0.29, 0.717) is 12.3 Å². The second kappa shape index (κ2) is 8.15. The zero-order valence-electron chi connectivity index (χ0n) is 13.8. The summed E-state index contributed by atoms with van der Waals surface area (Å²) >= 11 is 8.34. The van der Waals surface area contributed by atoms with Gasteiger partial charge in [-0.2, -0.15) is 0 Å². The molecule has 0 saturated carbocycles. The highest BCUT2D eigenvalue weighted by Gasteiger charge is 2.20. The molecule has 2 heterocycles. The molecular weight excluding hydrogens is 399 g/mol. The van der Waals surface area contributed by atoms with Crippen LogP contribution in [0.15, 0.2) is 33.2 Å². The second-order valence-corrected chi connectivity index (χ2v) is 8.16. The maximum atomic E-state index is 13.8. The molecule has 1 N–H and O–H groups in total. The van der Waals surface area contributed by atoms with Crippen molar-refractivity contribution in [3.05, 3.63) is 51.0 Å². The van der Waals surface area contributed by atoms with Crippen LogP contribution in [0.5, 0.6) is 0 Å². The maximum Gasteiger partial charge on any atom is 0.277 e. The minimum absolute atomic E-state index is 0.0666. The highest BCUT2D eigenvalue weighted by atomic mass is 35.5. The van der Waals surface area contributed by atoms with E-state index in [1.807, 2.05) is 12.3 Å². The summed E-state index contributed by atoms with van der Waals surface area (Å²) in [6.07, 6.45) is 0.439. The Labute approximate surface area is 162 Å². The largest absolute Gasteiger partial charge is 0.416 e. The van der Waals surface area contributed by atoms with Gasteiger partial charge >= 0.3 is 0 Å². The number of carbonyl (C=O) groups excluding carboxylic acids is 1. The number of thiazole rings is 1. The number of aryl methyl sites for hydroxylation is 1. The lowest BCUT2D eigenvalue weighted by atomic mass is 10.3. The molecule has 0 saturated heterocycles. The number of hydrogen-bond donors (Lipinski definition) is 1. The third-order valence-electron chi connectivity index (χ3n) is 3.28. The third kappa shape index (κ3) is 4.80. The monoisotopic (exact) mass is 412 g/mol. The van der Waals surface area contributed by atoms with Crippen LogP contribution in [-0.4, -0.2) is 26.3 Å². The number of carbonyl (C=O) groups is 1. The number of thioether (sulfide) groups is 1. The minimum atomic E-state index is -0.596. The van der Waals surface area contributed by atoms with Crippen LogP contribution in [0.1, 0.15) is 23.5 Å². The fraction of sp³-hybridized carbons (Fsp3) is 0.250. The van der Waals surface area contributed by atoms with E-state index in [1.54, 1.807) is 18.3 Å². The van der Waals surface area contributed by atoms with Gasteiger partial charge in [-0.1, -0.05) is 23.4 Å². The summed E-state index contributed by atoms with van der Waals surface area (Å²) in [7, 11) is 0. The molecule has 1 atom stereocenters. The molecule has 1 aromatic carbocycles. The lowest BCUT2D eigenvalue weighted by Crippen LogP contribution is -2.23. The van der Waals surface area contributed by atoms with E-state index in [4.69, 9.17) is 16.0 Å². The van der Waals surface area contributed by atoms with Gasteiger partial charge in [0.15, 0.2) is 0 Å². The molecule has 3 aromatic rings. The van der Waals surface area contributed by atoms with Crippen molar-refractivity contribution in [1.82, 2.24) is 15.2 Å². The standard InChI is InChI=1S/C16H14ClFN4O2S2/c1-8(15(23)20-13-4-3-10(17)5-12(13)18)26-16-22-21-14(24-16)6-11-7-25-9(2)19-11/h3-5,7-8H,6H2,1-2H3,(H,20,23)/t8-/m1/s1. The molecule has 6 nitrogen and oxygen atoms in total. The second-order valence-electron chi connectivity index (χ2n) is 5.37. The first-order chi connectivity index (χ1) is 12.4. The van der Waals surface area contributed by atoms with Crippen molar-refractivity contribution in [2.75, 3.05) is 5.32 Å². The zero-order chi connectivity index (χ0) is 18.7. The number of halogens is 2. The van der Waals surface area contributed by atoms with Gasteiger partial charge in [-0.15, -0.1) is 21.5 Å². The van der Waals surface area contributed by atoms with Crippen LogP contribution < -0.4 is 5.32 Å². The summed E-state index contributed by atoms with van der Waals surface area (Å²) in [6.45, 7) is 3.59. The molecule has 0 aliphatic carbocycles. The molecular formula is C16H14ClFN4O2S2. The first-order valence-corrected chi connectivity index (χ1v) is 9.70. The molecule has 0 radical (unpaired) electrons. The van der Waals surface area contributed by atoms with E-state index in [9.17, 15) is 9.18 Å². The maximum absolute atomic E-state index is 13.8. The molecule has 0 fully saturated rings. The number of anilines is 1. The van der Waals surface area contributed by atoms with Crippen molar-refractivity contribution in [3.63, 3.8) is 0 Å². The van der Waals surface area contributed by atoms with E-state index < -0.39 is 11.1 Å². The van der Waals surface area contributed by atoms with Gasteiger partial charge in [0.2, 0.25) is 11.8 Å². The number of amides is 1. The van der Waals surface area contributed by atoms with Gasteiger partial charge in [0.25, 0.3) is 5.22 Å². The number of benzene rings is 1. The average molecular weight is 413 g/mol. The Bertz CT molecular complexity index is 931.